The standard InChI is InChI=1S/C15H11ClFNO6S/c16-10-1-4-12(5-2-10)25(22,23)8-7-15(19)24-14-9-11(17)3-6-13(14)18(20)21/h1-6,9H,7-8H2. The van der Waals surface area contributed by atoms with E-state index in [9.17, 15) is 27.7 Å². The molecule has 0 heterocycles. The summed E-state index contributed by atoms with van der Waals surface area (Å²) in [5.41, 5.74) is -0.602. The van der Waals surface area contributed by atoms with Crippen molar-refractivity contribution in [2.75, 3.05) is 5.75 Å². The van der Waals surface area contributed by atoms with Crippen molar-refractivity contribution in [1.82, 2.24) is 0 Å². The summed E-state index contributed by atoms with van der Waals surface area (Å²) in [6.45, 7) is 0. The van der Waals surface area contributed by atoms with Gasteiger partial charge in [0.2, 0.25) is 5.75 Å². The Morgan fingerprint density at radius 2 is 1.84 bits per heavy atom. The van der Waals surface area contributed by atoms with Crippen molar-refractivity contribution in [3.05, 3.63) is 63.4 Å². The molecule has 0 aliphatic rings. The van der Waals surface area contributed by atoms with Crippen LogP contribution in [0.4, 0.5) is 10.1 Å². The lowest BCUT2D eigenvalue weighted by Gasteiger charge is -2.06. The summed E-state index contributed by atoms with van der Waals surface area (Å²) in [7, 11) is -3.77. The molecular formula is C15H11ClFNO6S. The number of carbonyl (C=O) groups is 1. The Hall–Kier alpha value is -2.52. The average Bonchev–Trinajstić information content (AvgIpc) is 2.53. The molecule has 0 fully saturated rings. The zero-order chi connectivity index (χ0) is 18.6. The van der Waals surface area contributed by atoms with Crippen LogP contribution in [0.5, 0.6) is 5.75 Å². The predicted molar refractivity (Wildman–Crippen MR) is 86.8 cm³/mol. The maximum Gasteiger partial charge on any atom is 0.312 e. The molecule has 25 heavy (non-hydrogen) atoms. The molecule has 10 heteroatoms. The van der Waals surface area contributed by atoms with Gasteiger partial charge in [0.25, 0.3) is 0 Å². The van der Waals surface area contributed by atoms with Gasteiger partial charge in [-0.15, -0.1) is 0 Å². The Bertz CT molecular complexity index is 914. The molecule has 0 spiro atoms. The molecule has 0 saturated carbocycles. The SMILES string of the molecule is O=C(CCS(=O)(=O)c1ccc(Cl)cc1)Oc1cc(F)ccc1[N+](=O)[O-]. The van der Waals surface area contributed by atoms with Gasteiger partial charge in [0.1, 0.15) is 5.82 Å². The lowest BCUT2D eigenvalue weighted by atomic mass is 10.3. The maximum absolute atomic E-state index is 13.2. The minimum absolute atomic E-state index is 0.0264. The largest absolute Gasteiger partial charge is 0.419 e. The highest BCUT2D eigenvalue weighted by molar-refractivity contribution is 7.91. The Morgan fingerprint density at radius 1 is 1.20 bits per heavy atom. The molecule has 0 unspecified atom stereocenters. The van der Waals surface area contributed by atoms with Gasteiger partial charge in [-0.25, -0.2) is 12.8 Å². The van der Waals surface area contributed by atoms with Gasteiger partial charge >= 0.3 is 11.7 Å². The molecule has 0 saturated heterocycles. The van der Waals surface area contributed by atoms with Crippen LogP contribution in [0.3, 0.4) is 0 Å². The minimum atomic E-state index is -3.77. The Morgan fingerprint density at radius 3 is 2.44 bits per heavy atom. The molecule has 2 aromatic rings. The quantitative estimate of drug-likeness (QED) is 0.326. The number of ether oxygens (including phenoxy) is 1. The van der Waals surface area contributed by atoms with Gasteiger partial charge in [-0.3, -0.25) is 14.9 Å². The molecule has 0 aliphatic carbocycles. The molecule has 0 radical (unpaired) electrons. The lowest BCUT2D eigenvalue weighted by molar-refractivity contribution is -0.385. The molecule has 7 nitrogen and oxygen atoms in total. The normalized spacial score (nSPS) is 11.1. The van der Waals surface area contributed by atoms with E-state index in [1.807, 2.05) is 0 Å². The first-order valence-corrected chi connectivity index (χ1v) is 8.85. The summed E-state index contributed by atoms with van der Waals surface area (Å²) in [5.74, 6) is -3.02. The van der Waals surface area contributed by atoms with Crippen LogP contribution in [0.2, 0.25) is 5.02 Å². The molecule has 0 aliphatic heterocycles. The maximum atomic E-state index is 13.2. The van der Waals surface area contributed by atoms with Crippen molar-refractivity contribution in [2.24, 2.45) is 0 Å². The van der Waals surface area contributed by atoms with Crippen LogP contribution in [-0.2, 0) is 14.6 Å². The fourth-order valence-corrected chi connectivity index (χ4v) is 3.22. The second-order valence-corrected chi connectivity index (χ2v) is 7.41. The molecule has 132 valence electrons. The number of hydrogen-bond acceptors (Lipinski definition) is 6. The molecule has 0 bridgehead atoms. The topological polar surface area (TPSA) is 104 Å². The van der Waals surface area contributed by atoms with Crippen molar-refractivity contribution in [3.63, 3.8) is 0 Å². The highest BCUT2D eigenvalue weighted by Gasteiger charge is 2.21. The van der Waals surface area contributed by atoms with E-state index in [2.05, 4.69) is 0 Å². The van der Waals surface area contributed by atoms with Crippen molar-refractivity contribution in [2.45, 2.75) is 11.3 Å². The summed E-state index contributed by atoms with van der Waals surface area (Å²) >= 11 is 5.68. The summed E-state index contributed by atoms with van der Waals surface area (Å²) in [6, 6.07) is 7.75. The molecule has 2 rings (SSSR count). The van der Waals surface area contributed by atoms with Gasteiger partial charge in [-0.05, 0) is 30.3 Å². The van der Waals surface area contributed by atoms with Gasteiger partial charge in [0, 0.05) is 17.2 Å². The fraction of sp³-hybridized carbons (Fsp3) is 0.133. The van der Waals surface area contributed by atoms with E-state index in [-0.39, 0.29) is 4.90 Å². The van der Waals surface area contributed by atoms with Crippen molar-refractivity contribution in [1.29, 1.82) is 0 Å². The number of benzene rings is 2. The highest BCUT2D eigenvalue weighted by Crippen LogP contribution is 2.28. The van der Waals surface area contributed by atoms with Crippen LogP contribution >= 0.6 is 11.6 Å². The van der Waals surface area contributed by atoms with Gasteiger partial charge in [0.05, 0.1) is 22.0 Å². The Labute approximate surface area is 147 Å². The number of rotatable bonds is 6. The zero-order valence-corrected chi connectivity index (χ0v) is 14.1. The van der Waals surface area contributed by atoms with Crippen molar-refractivity contribution in [3.8, 4) is 5.75 Å². The molecule has 0 N–H and O–H groups in total. The van der Waals surface area contributed by atoms with Crippen LogP contribution in [0, 0.1) is 15.9 Å². The number of nitrogens with zero attached hydrogens (tertiary/aromatic N) is 1. The van der Waals surface area contributed by atoms with E-state index in [4.69, 9.17) is 16.3 Å². The van der Waals surface area contributed by atoms with E-state index >= 15 is 0 Å². The lowest BCUT2D eigenvalue weighted by Crippen LogP contribution is -2.16. The third-order valence-electron chi connectivity index (χ3n) is 3.09. The van der Waals surface area contributed by atoms with Gasteiger partial charge < -0.3 is 4.74 Å². The third-order valence-corrected chi connectivity index (χ3v) is 5.07. The van der Waals surface area contributed by atoms with Crippen LogP contribution in [0.1, 0.15) is 6.42 Å². The third kappa shape index (κ3) is 4.97. The Balaban J connectivity index is 2.07. The molecule has 0 atom stereocenters. The number of esters is 1. The average molecular weight is 388 g/mol. The summed E-state index contributed by atoms with van der Waals surface area (Å²) in [4.78, 5) is 21.7. The van der Waals surface area contributed by atoms with Gasteiger partial charge in [-0.2, -0.15) is 0 Å². The van der Waals surface area contributed by atoms with E-state index < -0.39 is 50.2 Å². The van der Waals surface area contributed by atoms with Gasteiger partial charge in [-0.1, -0.05) is 11.6 Å². The van der Waals surface area contributed by atoms with Crippen LogP contribution in [0.15, 0.2) is 47.4 Å². The first-order valence-electron chi connectivity index (χ1n) is 6.82. The summed E-state index contributed by atoms with van der Waals surface area (Å²) < 4.78 is 42.1. The molecule has 2 aromatic carbocycles. The zero-order valence-electron chi connectivity index (χ0n) is 12.5. The molecular weight excluding hydrogens is 377 g/mol. The monoisotopic (exact) mass is 387 g/mol. The van der Waals surface area contributed by atoms with E-state index in [1.54, 1.807) is 0 Å². The van der Waals surface area contributed by atoms with Crippen LogP contribution in [-0.4, -0.2) is 25.1 Å². The summed E-state index contributed by atoms with van der Waals surface area (Å²) in [6.07, 6.45) is -0.557. The molecule has 0 aromatic heterocycles. The van der Waals surface area contributed by atoms with Crippen LogP contribution in [0.25, 0.3) is 0 Å². The number of nitro benzene ring substituents is 1. The first kappa shape index (κ1) is 18.8. The predicted octanol–water partition coefficient (Wildman–Crippen LogP) is 3.16. The van der Waals surface area contributed by atoms with Crippen molar-refractivity contribution < 1.29 is 27.3 Å². The molecule has 0 amide bonds. The second-order valence-electron chi connectivity index (χ2n) is 4.87. The highest BCUT2D eigenvalue weighted by atomic mass is 35.5. The second kappa shape index (κ2) is 7.58. The smallest absolute Gasteiger partial charge is 0.312 e. The number of halogens is 2. The van der Waals surface area contributed by atoms with Gasteiger partial charge in [0.15, 0.2) is 9.84 Å². The minimum Gasteiger partial charge on any atom is -0.419 e. The number of carbonyl (C=O) groups excluding carboxylic acids is 1. The number of sulfone groups is 1. The van der Waals surface area contributed by atoms with Crippen molar-refractivity contribution >= 4 is 33.1 Å². The van der Waals surface area contributed by atoms with Crippen LogP contribution < -0.4 is 4.74 Å². The Kier molecular flexibility index (Phi) is 5.70. The van der Waals surface area contributed by atoms with E-state index in [0.29, 0.717) is 11.1 Å². The van der Waals surface area contributed by atoms with E-state index in [1.165, 1.54) is 24.3 Å². The van der Waals surface area contributed by atoms with E-state index in [0.717, 1.165) is 12.1 Å². The number of nitro groups is 1. The summed E-state index contributed by atoms with van der Waals surface area (Å²) in [5, 5.41) is 11.2. The number of hydrogen-bond donors (Lipinski definition) is 0. The first-order chi connectivity index (χ1) is 11.7. The fourth-order valence-electron chi connectivity index (χ4n) is 1.87.